The number of hydrogen-bond donors (Lipinski definition) is 2. The van der Waals surface area contributed by atoms with Crippen LogP contribution in [-0.2, 0) is 6.54 Å². The maximum absolute atomic E-state index is 12.0. The molecule has 0 aliphatic heterocycles. The summed E-state index contributed by atoms with van der Waals surface area (Å²) in [7, 11) is 0. The number of benzene rings is 1. The maximum Gasteiger partial charge on any atom is 0.422 e. The van der Waals surface area contributed by atoms with Crippen molar-refractivity contribution in [3.05, 3.63) is 42.0 Å². The molecule has 0 amide bonds. The van der Waals surface area contributed by atoms with Crippen LogP contribution in [0.15, 0.2) is 36.4 Å². The summed E-state index contributed by atoms with van der Waals surface area (Å²) in [5, 5.41) is 12.4. The number of hydrogen-bond acceptors (Lipinski definition) is 3. The van der Waals surface area contributed by atoms with Crippen molar-refractivity contribution < 1.29 is 23.0 Å². The van der Waals surface area contributed by atoms with Crippen LogP contribution in [0.4, 0.5) is 13.2 Å². The third-order valence-corrected chi connectivity index (χ3v) is 3.30. The predicted octanol–water partition coefficient (Wildman–Crippen LogP) is 2.65. The molecule has 2 N–H and O–H groups in total. The third kappa shape index (κ3) is 5.40. The molecule has 0 unspecified atom stereocenters. The molecule has 21 heavy (non-hydrogen) atoms. The number of halogens is 3. The molecule has 0 saturated carbocycles. The Bertz CT molecular complexity index is 471. The topological polar surface area (TPSA) is 41.5 Å². The van der Waals surface area contributed by atoms with Crippen molar-refractivity contribution in [3.8, 4) is 5.75 Å². The van der Waals surface area contributed by atoms with Crippen LogP contribution in [0, 0.1) is 5.92 Å². The molecular weight excluding hydrogens is 283 g/mol. The molecule has 116 valence electrons. The first-order valence-electron chi connectivity index (χ1n) is 6.77. The fraction of sp³-hybridized carbons (Fsp3) is 0.467. The smallest absolute Gasteiger partial charge is 0.422 e. The highest BCUT2D eigenvalue weighted by Crippen LogP contribution is 2.20. The number of aliphatic hydroxyl groups is 1. The maximum atomic E-state index is 12.0. The van der Waals surface area contributed by atoms with Gasteiger partial charge in [0.05, 0.1) is 0 Å². The lowest BCUT2D eigenvalue weighted by atomic mass is 10.1. The minimum atomic E-state index is -4.32. The summed E-state index contributed by atoms with van der Waals surface area (Å²) in [5.41, 5.74) is 0.968. The highest BCUT2D eigenvalue weighted by atomic mass is 19.4. The van der Waals surface area contributed by atoms with E-state index in [1.807, 2.05) is 12.2 Å². The van der Waals surface area contributed by atoms with Crippen LogP contribution < -0.4 is 10.1 Å². The lowest BCUT2D eigenvalue weighted by Crippen LogP contribution is -2.26. The van der Waals surface area contributed by atoms with Gasteiger partial charge in [-0.25, -0.2) is 0 Å². The first-order valence-corrected chi connectivity index (χ1v) is 6.77. The number of ether oxygens (including phenoxy) is 1. The zero-order valence-corrected chi connectivity index (χ0v) is 11.4. The Kier molecular flexibility index (Phi) is 5.25. The Balaban J connectivity index is 1.76. The minimum Gasteiger partial charge on any atom is -0.484 e. The van der Waals surface area contributed by atoms with E-state index >= 15 is 0 Å². The van der Waals surface area contributed by atoms with Crippen LogP contribution in [0.2, 0.25) is 0 Å². The van der Waals surface area contributed by atoms with E-state index < -0.39 is 12.8 Å². The van der Waals surface area contributed by atoms with Crippen molar-refractivity contribution in [3.63, 3.8) is 0 Å². The van der Waals surface area contributed by atoms with E-state index in [4.69, 9.17) is 5.11 Å². The van der Waals surface area contributed by atoms with Crippen LogP contribution in [0.3, 0.4) is 0 Å². The second kappa shape index (κ2) is 6.95. The zero-order valence-electron chi connectivity index (χ0n) is 11.4. The quantitative estimate of drug-likeness (QED) is 0.794. The summed E-state index contributed by atoms with van der Waals surface area (Å²) in [4.78, 5) is 0. The number of aliphatic hydroxyl groups excluding tert-OH is 1. The van der Waals surface area contributed by atoms with E-state index in [0.29, 0.717) is 6.54 Å². The van der Waals surface area contributed by atoms with Crippen LogP contribution in [-0.4, -0.2) is 30.5 Å². The van der Waals surface area contributed by atoms with Gasteiger partial charge >= 0.3 is 6.18 Å². The highest BCUT2D eigenvalue weighted by molar-refractivity contribution is 5.27. The summed E-state index contributed by atoms with van der Waals surface area (Å²) < 4.78 is 40.7. The van der Waals surface area contributed by atoms with Crippen molar-refractivity contribution >= 4 is 0 Å². The van der Waals surface area contributed by atoms with Gasteiger partial charge in [-0.3, -0.25) is 0 Å². The third-order valence-electron chi connectivity index (χ3n) is 3.30. The Morgan fingerprint density at radius 1 is 1.19 bits per heavy atom. The molecule has 0 radical (unpaired) electrons. The molecule has 6 heteroatoms. The van der Waals surface area contributed by atoms with Crippen molar-refractivity contribution in [2.24, 2.45) is 5.92 Å². The largest absolute Gasteiger partial charge is 0.484 e. The Hall–Kier alpha value is -1.53. The van der Waals surface area contributed by atoms with Crippen molar-refractivity contribution in [2.45, 2.75) is 25.2 Å². The van der Waals surface area contributed by atoms with Crippen LogP contribution in [0.5, 0.6) is 5.75 Å². The second-order valence-electron chi connectivity index (χ2n) is 5.10. The van der Waals surface area contributed by atoms with Gasteiger partial charge in [0.15, 0.2) is 6.61 Å². The van der Waals surface area contributed by atoms with Crippen LogP contribution in [0.25, 0.3) is 0 Å². The molecule has 0 fully saturated rings. The molecule has 2 atom stereocenters. The molecule has 0 bridgehead atoms. The van der Waals surface area contributed by atoms with E-state index in [2.05, 4.69) is 10.1 Å². The fourth-order valence-electron chi connectivity index (χ4n) is 2.18. The minimum absolute atomic E-state index is 0.153. The summed E-state index contributed by atoms with van der Waals surface area (Å²) in [6.07, 6.45) is 0.564. The van der Waals surface area contributed by atoms with Crippen molar-refractivity contribution in [2.75, 3.05) is 13.2 Å². The summed E-state index contributed by atoms with van der Waals surface area (Å²) in [6, 6.07) is 6.76. The number of rotatable bonds is 6. The standard InChI is InChI=1S/C15H18F3NO2/c16-15(17,18)10-21-14-5-2-11(3-6-14)8-19-13-4-1-12(7-13)9-20/h1-6,12-13,19-20H,7-10H2/t12-,13+/m0/s1. The van der Waals surface area contributed by atoms with Crippen LogP contribution >= 0.6 is 0 Å². The molecule has 0 heterocycles. The average Bonchev–Trinajstić information content (AvgIpc) is 2.91. The SMILES string of the molecule is OC[C@H]1C=C[C@@H](NCc2ccc(OCC(F)(F)F)cc2)C1. The number of alkyl halides is 3. The lowest BCUT2D eigenvalue weighted by Gasteiger charge is -2.13. The number of nitrogens with one attached hydrogen (secondary N) is 1. The van der Waals surface area contributed by atoms with Gasteiger partial charge in [0, 0.05) is 25.1 Å². The summed E-state index contributed by atoms with van der Waals surface area (Å²) >= 11 is 0. The van der Waals surface area contributed by atoms with Gasteiger partial charge in [0.1, 0.15) is 5.75 Å². The Morgan fingerprint density at radius 3 is 2.48 bits per heavy atom. The monoisotopic (exact) mass is 301 g/mol. The summed E-state index contributed by atoms with van der Waals surface area (Å²) in [5.74, 6) is 0.415. The van der Waals surface area contributed by atoms with Gasteiger partial charge < -0.3 is 15.2 Å². The molecule has 0 spiro atoms. The highest BCUT2D eigenvalue weighted by Gasteiger charge is 2.28. The van der Waals surface area contributed by atoms with E-state index in [9.17, 15) is 13.2 Å². The normalized spacial score (nSPS) is 21.7. The average molecular weight is 301 g/mol. The van der Waals surface area contributed by atoms with E-state index in [1.165, 1.54) is 12.1 Å². The van der Waals surface area contributed by atoms with Crippen LogP contribution in [0.1, 0.15) is 12.0 Å². The first-order chi connectivity index (χ1) is 9.96. The molecule has 2 rings (SSSR count). The fourth-order valence-corrected chi connectivity index (χ4v) is 2.18. The first kappa shape index (κ1) is 15.9. The van der Waals surface area contributed by atoms with Crippen molar-refractivity contribution in [1.82, 2.24) is 5.32 Å². The van der Waals surface area contributed by atoms with E-state index in [0.717, 1.165) is 12.0 Å². The predicted molar refractivity (Wildman–Crippen MR) is 73.0 cm³/mol. The van der Waals surface area contributed by atoms with E-state index in [-0.39, 0.29) is 24.3 Å². The van der Waals surface area contributed by atoms with Gasteiger partial charge in [0.25, 0.3) is 0 Å². The van der Waals surface area contributed by atoms with Gasteiger partial charge in [-0.2, -0.15) is 13.2 Å². The molecule has 3 nitrogen and oxygen atoms in total. The zero-order chi connectivity index (χ0) is 15.3. The second-order valence-corrected chi connectivity index (χ2v) is 5.10. The summed E-state index contributed by atoms with van der Waals surface area (Å²) in [6.45, 7) is -0.507. The van der Waals surface area contributed by atoms with Crippen molar-refractivity contribution in [1.29, 1.82) is 0 Å². The van der Waals surface area contributed by atoms with Gasteiger partial charge in [0.2, 0.25) is 0 Å². The molecule has 1 aromatic carbocycles. The molecule has 0 saturated heterocycles. The van der Waals surface area contributed by atoms with Gasteiger partial charge in [-0.05, 0) is 24.1 Å². The van der Waals surface area contributed by atoms with E-state index in [1.54, 1.807) is 12.1 Å². The van der Waals surface area contributed by atoms with Gasteiger partial charge in [-0.1, -0.05) is 24.3 Å². The Morgan fingerprint density at radius 2 is 1.90 bits per heavy atom. The molecular formula is C15H18F3NO2. The molecule has 1 aliphatic carbocycles. The lowest BCUT2D eigenvalue weighted by molar-refractivity contribution is -0.153. The van der Waals surface area contributed by atoms with Gasteiger partial charge in [-0.15, -0.1) is 0 Å². The molecule has 1 aromatic rings. The molecule has 0 aromatic heterocycles. The molecule has 1 aliphatic rings. The Labute approximate surface area is 121 Å².